The van der Waals surface area contributed by atoms with Crippen LogP contribution >= 0.6 is 12.2 Å². The molecule has 2 aromatic carbocycles. The number of benzene rings is 2. The number of methoxy groups -OCH3 is 1. The van der Waals surface area contributed by atoms with Gasteiger partial charge in [-0.3, -0.25) is 0 Å². The van der Waals surface area contributed by atoms with E-state index in [-0.39, 0.29) is 55.8 Å². The Labute approximate surface area is 182 Å². The Morgan fingerprint density at radius 2 is 1.73 bits per heavy atom. The Morgan fingerprint density at radius 3 is 2.36 bits per heavy atom. The third-order valence-corrected chi connectivity index (χ3v) is 2.86. The first-order chi connectivity index (χ1) is 10.1. The summed E-state index contributed by atoms with van der Waals surface area (Å²) in [7, 11) is 1.51. The van der Waals surface area contributed by atoms with Crippen LogP contribution in [0.5, 0.6) is 11.5 Å². The maximum Gasteiger partial charge on any atom is 1.00 e. The molecule has 0 fully saturated rings. The molecule has 0 aliphatic heterocycles. The van der Waals surface area contributed by atoms with Gasteiger partial charge >= 0.3 is 51.4 Å². The Balaban J connectivity index is 0.00000242. The summed E-state index contributed by atoms with van der Waals surface area (Å²) < 4.78 is 11.1. The average molecular weight is 357 g/mol. The van der Waals surface area contributed by atoms with Crippen LogP contribution in [0, 0.1) is 5.21 Å². The molecule has 0 aromatic heterocycles. The molecule has 2 aromatic rings. The fourth-order valence-electron chi connectivity index (χ4n) is 1.78. The summed E-state index contributed by atoms with van der Waals surface area (Å²) in [5.41, 5.74) is 0.973. The molecule has 108 valence electrons. The van der Waals surface area contributed by atoms with E-state index in [0.717, 1.165) is 0 Å². The van der Waals surface area contributed by atoms with Crippen LogP contribution in [0.15, 0.2) is 48.5 Å². The van der Waals surface area contributed by atoms with Gasteiger partial charge in [0.1, 0.15) is 5.75 Å². The molecule has 7 heteroatoms. The van der Waals surface area contributed by atoms with Crippen LogP contribution in [-0.2, 0) is 12.6 Å². The Hall–Kier alpha value is -0.544. The van der Waals surface area contributed by atoms with E-state index in [2.05, 4.69) is 0 Å². The van der Waals surface area contributed by atoms with Crippen molar-refractivity contribution in [2.75, 3.05) is 7.11 Å². The van der Waals surface area contributed by atoms with Gasteiger partial charge in [-0.1, -0.05) is 24.3 Å². The van der Waals surface area contributed by atoms with E-state index >= 15 is 0 Å². The molecule has 0 aliphatic rings. The van der Waals surface area contributed by atoms with Crippen molar-refractivity contribution >= 4 is 41.1 Å². The zero-order valence-corrected chi connectivity index (χ0v) is 16.9. The number of hydrogen-bond donors (Lipinski definition) is 0. The van der Waals surface area contributed by atoms with Gasteiger partial charge in [0, 0.05) is 10.4 Å². The van der Waals surface area contributed by atoms with Crippen LogP contribution in [0.25, 0.3) is 0 Å². The minimum Gasteiger partial charge on any atom is -0.618 e. The van der Waals surface area contributed by atoms with E-state index in [4.69, 9.17) is 34.3 Å². The van der Waals surface area contributed by atoms with Crippen LogP contribution < -0.4 is 60.9 Å². The molecule has 2 rings (SSSR count). The fourth-order valence-corrected chi connectivity index (χ4v) is 1.96. The molecule has 0 bridgehead atoms. The number of para-hydroxylation sites is 3. The Morgan fingerprint density at radius 1 is 1.14 bits per heavy atom. The molecular formula is C15H12KNO3S2. The first-order valence-corrected chi connectivity index (χ1v) is 6.85. The van der Waals surface area contributed by atoms with Gasteiger partial charge < -0.3 is 39.5 Å². The normalized spacial score (nSPS) is 10.5. The molecule has 0 heterocycles. The van der Waals surface area contributed by atoms with Gasteiger partial charge in [-0.15, -0.1) is 0 Å². The predicted molar refractivity (Wildman–Crippen MR) is 88.5 cm³/mol. The Bertz CT molecular complexity index is 692. The quantitative estimate of drug-likeness (QED) is 0.148. The minimum absolute atomic E-state index is 0. The van der Waals surface area contributed by atoms with Crippen molar-refractivity contribution in [2.24, 2.45) is 0 Å². The smallest absolute Gasteiger partial charge is 0.618 e. The van der Waals surface area contributed by atoms with Gasteiger partial charge in [-0.25, -0.2) is 0 Å². The van der Waals surface area contributed by atoms with Gasteiger partial charge in [0.25, 0.3) is 5.69 Å². The van der Waals surface area contributed by atoms with Gasteiger partial charge in [-0.2, -0.15) is 4.74 Å². The van der Waals surface area contributed by atoms with Crippen molar-refractivity contribution in [1.29, 1.82) is 0 Å². The number of rotatable bonds is 4. The molecule has 0 saturated carbocycles. The largest absolute Gasteiger partial charge is 1.00 e. The molecule has 22 heavy (non-hydrogen) atoms. The van der Waals surface area contributed by atoms with E-state index in [1.54, 1.807) is 48.5 Å². The van der Waals surface area contributed by atoms with Gasteiger partial charge in [0.05, 0.1) is 12.7 Å². The van der Waals surface area contributed by atoms with Crippen molar-refractivity contribution in [2.45, 2.75) is 0 Å². The maximum absolute atomic E-state index is 12.3. The number of ether oxygens (including phenoxy) is 2. The molecule has 0 amide bonds. The Kier molecular flexibility index (Phi) is 8.48. The molecule has 0 N–H and O–H groups in total. The molecule has 0 unspecified atom stereocenters. The number of thiocarbonyl (C=S) groups is 1. The summed E-state index contributed by atoms with van der Waals surface area (Å²) in [5, 5.41) is 12.3. The van der Waals surface area contributed by atoms with E-state index in [1.165, 1.54) is 13.3 Å². The van der Waals surface area contributed by atoms with Crippen LogP contribution in [0.4, 0.5) is 5.69 Å². The van der Waals surface area contributed by atoms with E-state index < -0.39 is 0 Å². The van der Waals surface area contributed by atoms with Gasteiger partial charge in [0.15, 0.2) is 12.0 Å². The molecule has 0 atom stereocenters. The molecular weight excluding hydrogens is 345 g/mol. The molecule has 0 saturated heterocycles. The van der Waals surface area contributed by atoms with Crippen LogP contribution in [-0.4, -0.2) is 22.4 Å². The fraction of sp³-hybridized carbons (Fsp3) is 0.0667. The molecule has 0 aliphatic carbocycles. The minimum atomic E-state index is -0.0226. The standard InChI is InChI=1S/C15H13NO3S2.K/c1-18-14-9-5-3-7-12(14)16(17)10-11-6-2-4-8-13(11)19-15(20)21;/h2-10H,1H3,(H,20,21);/q;+1/p-1/b16-10-;. The summed E-state index contributed by atoms with van der Waals surface area (Å²) in [4.78, 5) is 0. The summed E-state index contributed by atoms with van der Waals surface area (Å²) >= 11 is 9.50. The maximum atomic E-state index is 12.3. The first kappa shape index (κ1) is 19.5. The summed E-state index contributed by atoms with van der Waals surface area (Å²) in [6, 6.07) is 13.9. The number of nitrogens with zero attached hydrogens (tertiary/aromatic N) is 1. The molecule has 0 radical (unpaired) electrons. The van der Waals surface area contributed by atoms with Crippen LogP contribution in [0.1, 0.15) is 5.56 Å². The monoisotopic (exact) mass is 357 g/mol. The van der Waals surface area contributed by atoms with Crippen molar-refractivity contribution in [1.82, 2.24) is 0 Å². The van der Waals surface area contributed by atoms with Crippen molar-refractivity contribution in [3.8, 4) is 11.5 Å². The SMILES string of the molecule is COc1ccccc1/[N+]([O-])=C/c1ccccc1OC(=S)[S-].[K+]. The van der Waals surface area contributed by atoms with Gasteiger partial charge in [0.2, 0.25) is 0 Å². The second-order valence-corrected chi connectivity index (χ2v) is 5.02. The third kappa shape index (κ3) is 5.27. The average Bonchev–Trinajstić information content (AvgIpc) is 2.48. The predicted octanol–water partition coefficient (Wildman–Crippen LogP) is 0.171. The van der Waals surface area contributed by atoms with Crippen molar-refractivity contribution in [3.05, 3.63) is 59.3 Å². The molecule has 0 spiro atoms. The second kappa shape index (κ2) is 9.56. The third-order valence-electron chi connectivity index (χ3n) is 2.69. The summed E-state index contributed by atoms with van der Waals surface area (Å²) in [6.07, 6.45) is 1.39. The summed E-state index contributed by atoms with van der Waals surface area (Å²) in [5.74, 6) is 0.925. The van der Waals surface area contributed by atoms with E-state index in [0.29, 0.717) is 27.5 Å². The summed E-state index contributed by atoms with van der Waals surface area (Å²) in [6.45, 7) is 0. The van der Waals surface area contributed by atoms with Gasteiger partial charge in [-0.05, 0) is 18.2 Å². The van der Waals surface area contributed by atoms with Crippen molar-refractivity contribution in [3.63, 3.8) is 0 Å². The topological polar surface area (TPSA) is 44.5 Å². The number of hydrogen-bond acceptors (Lipinski definition) is 5. The van der Waals surface area contributed by atoms with E-state index in [1.807, 2.05) is 0 Å². The molecule has 4 nitrogen and oxygen atoms in total. The zero-order chi connectivity index (χ0) is 15.2. The second-order valence-electron chi connectivity index (χ2n) is 4.02. The van der Waals surface area contributed by atoms with E-state index in [9.17, 15) is 5.21 Å². The van der Waals surface area contributed by atoms with Crippen molar-refractivity contribution < 1.29 is 65.6 Å². The van der Waals surface area contributed by atoms with Crippen LogP contribution in [0.2, 0.25) is 0 Å². The first-order valence-electron chi connectivity index (χ1n) is 6.04. The zero-order valence-electron chi connectivity index (χ0n) is 12.2. The van der Waals surface area contributed by atoms with Crippen LogP contribution in [0.3, 0.4) is 0 Å².